The molecule has 1 aromatic carbocycles. The van der Waals surface area contributed by atoms with Gasteiger partial charge in [-0.3, -0.25) is 4.79 Å². The van der Waals surface area contributed by atoms with Gasteiger partial charge in [0.2, 0.25) is 0 Å². The van der Waals surface area contributed by atoms with Gasteiger partial charge in [-0.05, 0) is 35.8 Å². The standard InChI is InChI=1S/C15H20O2/c1-11-2-6-13(7-3-11)14-8-4-12(5-9-14)10-15(16)17/h4-5,8-9,11,13H,2-3,6-7,10H2,1H3,(H,16,17). The Morgan fingerprint density at radius 3 is 2.29 bits per heavy atom. The maximum atomic E-state index is 10.6. The highest BCUT2D eigenvalue weighted by Gasteiger charge is 2.19. The first-order valence-electron chi connectivity index (χ1n) is 6.46. The van der Waals surface area contributed by atoms with Crippen LogP contribution in [0, 0.1) is 5.92 Å². The van der Waals surface area contributed by atoms with E-state index in [1.165, 1.54) is 31.2 Å². The van der Waals surface area contributed by atoms with Crippen LogP contribution in [0.4, 0.5) is 0 Å². The summed E-state index contributed by atoms with van der Waals surface area (Å²) in [7, 11) is 0. The SMILES string of the molecule is CC1CCC(c2ccc(CC(=O)O)cc2)CC1. The fourth-order valence-electron chi connectivity index (χ4n) is 2.68. The molecule has 2 heteroatoms. The van der Waals surface area contributed by atoms with Crippen molar-refractivity contribution in [3.05, 3.63) is 35.4 Å². The van der Waals surface area contributed by atoms with E-state index >= 15 is 0 Å². The average molecular weight is 232 g/mol. The number of carboxylic acids is 1. The topological polar surface area (TPSA) is 37.3 Å². The first kappa shape index (κ1) is 12.2. The molecular weight excluding hydrogens is 212 g/mol. The van der Waals surface area contributed by atoms with Crippen LogP contribution in [0.2, 0.25) is 0 Å². The van der Waals surface area contributed by atoms with Crippen LogP contribution in [0.1, 0.15) is 49.7 Å². The van der Waals surface area contributed by atoms with E-state index in [2.05, 4.69) is 19.1 Å². The lowest BCUT2D eigenvalue weighted by atomic mass is 9.79. The summed E-state index contributed by atoms with van der Waals surface area (Å²) >= 11 is 0. The van der Waals surface area contributed by atoms with E-state index in [0.717, 1.165) is 11.5 Å². The third kappa shape index (κ3) is 3.32. The molecule has 92 valence electrons. The summed E-state index contributed by atoms with van der Waals surface area (Å²) in [6.45, 7) is 2.33. The molecule has 1 saturated carbocycles. The lowest BCUT2D eigenvalue weighted by molar-refractivity contribution is -0.136. The second kappa shape index (κ2) is 5.35. The molecule has 0 spiro atoms. The zero-order valence-corrected chi connectivity index (χ0v) is 10.4. The van der Waals surface area contributed by atoms with Crippen molar-refractivity contribution in [1.29, 1.82) is 0 Å². The van der Waals surface area contributed by atoms with Crippen LogP contribution in [0.5, 0.6) is 0 Å². The summed E-state index contributed by atoms with van der Waals surface area (Å²) in [5.74, 6) is 0.798. The van der Waals surface area contributed by atoms with Gasteiger partial charge in [-0.15, -0.1) is 0 Å². The van der Waals surface area contributed by atoms with Crippen LogP contribution in [0.3, 0.4) is 0 Å². The second-order valence-corrected chi connectivity index (χ2v) is 5.27. The van der Waals surface area contributed by atoms with E-state index in [9.17, 15) is 4.79 Å². The fourth-order valence-corrected chi connectivity index (χ4v) is 2.68. The number of hydrogen-bond acceptors (Lipinski definition) is 1. The Hall–Kier alpha value is -1.31. The monoisotopic (exact) mass is 232 g/mol. The molecule has 17 heavy (non-hydrogen) atoms. The number of rotatable bonds is 3. The van der Waals surface area contributed by atoms with Gasteiger partial charge in [-0.25, -0.2) is 0 Å². The maximum Gasteiger partial charge on any atom is 0.307 e. The molecule has 0 heterocycles. The molecule has 2 nitrogen and oxygen atoms in total. The fraction of sp³-hybridized carbons (Fsp3) is 0.533. The van der Waals surface area contributed by atoms with Crippen molar-refractivity contribution < 1.29 is 9.90 Å². The molecule has 1 N–H and O–H groups in total. The Bertz CT molecular complexity index is 372. The molecule has 1 aliphatic rings. The lowest BCUT2D eigenvalue weighted by Gasteiger charge is -2.26. The first-order chi connectivity index (χ1) is 8.15. The Morgan fingerprint density at radius 1 is 1.18 bits per heavy atom. The highest BCUT2D eigenvalue weighted by molar-refractivity contribution is 5.70. The van der Waals surface area contributed by atoms with Crippen molar-refractivity contribution >= 4 is 5.97 Å². The molecule has 0 saturated heterocycles. The van der Waals surface area contributed by atoms with Gasteiger partial charge in [0.1, 0.15) is 0 Å². The van der Waals surface area contributed by atoms with E-state index in [-0.39, 0.29) is 6.42 Å². The molecule has 0 bridgehead atoms. The van der Waals surface area contributed by atoms with Gasteiger partial charge in [0, 0.05) is 0 Å². The largest absolute Gasteiger partial charge is 0.481 e. The van der Waals surface area contributed by atoms with E-state index in [0.29, 0.717) is 5.92 Å². The summed E-state index contributed by atoms with van der Waals surface area (Å²) < 4.78 is 0. The first-order valence-corrected chi connectivity index (χ1v) is 6.46. The Balaban J connectivity index is 2.00. The molecule has 0 aliphatic heterocycles. The third-order valence-corrected chi connectivity index (χ3v) is 3.82. The maximum absolute atomic E-state index is 10.6. The van der Waals surface area contributed by atoms with Crippen LogP contribution in [-0.4, -0.2) is 11.1 Å². The van der Waals surface area contributed by atoms with Gasteiger partial charge in [0.15, 0.2) is 0 Å². The molecule has 1 fully saturated rings. The molecule has 0 aromatic heterocycles. The van der Waals surface area contributed by atoms with Crippen molar-refractivity contribution in [2.24, 2.45) is 5.92 Å². The minimum absolute atomic E-state index is 0.127. The van der Waals surface area contributed by atoms with Gasteiger partial charge >= 0.3 is 5.97 Å². The van der Waals surface area contributed by atoms with E-state index < -0.39 is 5.97 Å². The van der Waals surface area contributed by atoms with Gasteiger partial charge in [-0.2, -0.15) is 0 Å². The number of aliphatic carboxylic acids is 1. The summed E-state index contributed by atoms with van der Waals surface area (Å²) in [6.07, 6.45) is 5.32. The quantitative estimate of drug-likeness (QED) is 0.864. The van der Waals surface area contributed by atoms with Gasteiger partial charge < -0.3 is 5.11 Å². The zero-order valence-electron chi connectivity index (χ0n) is 10.4. The number of hydrogen-bond donors (Lipinski definition) is 1. The van der Waals surface area contributed by atoms with Crippen molar-refractivity contribution in [2.45, 2.75) is 44.9 Å². The van der Waals surface area contributed by atoms with Gasteiger partial charge in [0.25, 0.3) is 0 Å². The molecule has 1 aliphatic carbocycles. The number of carboxylic acid groups (broad SMARTS) is 1. The van der Waals surface area contributed by atoms with Crippen LogP contribution >= 0.6 is 0 Å². The molecule has 0 amide bonds. The summed E-state index contributed by atoms with van der Waals surface area (Å²) in [5.41, 5.74) is 2.27. The summed E-state index contributed by atoms with van der Waals surface area (Å²) in [5, 5.41) is 8.71. The predicted octanol–water partition coefficient (Wildman–Crippen LogP) is 3.61. The molecule has 1 aromatic rings. The summed E-state index contributed by atoms with van der Waals surface area (Å²) in [6, 6.07) is 8.14. The predicted molar refractivity (Wildman–Crippen MR) is 68.2 cm³/mol. The molecular formula is C15H20O2. The number of carbonyl (C=O) groups is 1. The Kier molecular flexibility index (Phi) is 3.82. The normalized spacial score (nSPS) is 24.5. The lowest BCUT2D eigenvalue weighted by Crippen LogP contribution is -2.10. The smallest absolute Gasteiger partial charge is 0.307 e. The van der Waals surface area contributed by atoms with Crippen LogP contribution < -0.4 is 0 Å². The molecule has 0 atom stereocenters. The Morgan fingerprint density at radius 2 is 1.76 bits per heavy atom. The number of benzene rings is 1. The van der Waals surface area contributed by atoms with E-state index in [4.69, 9.17) is 5.11 Å². The minimum atomic E-state index is -0.760. The zero-order chi connectivity index (χ0) is 12.3. The molecule has 0 radical (unpaired) electrons. The van der Waals surface area contributed by atoms with Crippen LogP contribution in [-0.2, 0) is 11.2 Å². The highest BCUT2D eigenvalue weighted by atomic mass is 16.4. The van der Waals surface area contributed by atoms with Gasteiger partial charge in [-0.1, -0.05) is 44.0 Å². The highest BCUT2D eigenvalue weighted by Crippen LogP contribution is 2.35. The van der Waals surface area contributed by atoms with Crippen molar-refractivity contribution in [3.8, 4) is 0 Å². The third-order valence-electron chi connectivity index (χ3n) is 3.82. The molecule has 0 unspecified atom stereocenters. The van der Waals surface area contributed by atoms with Gasteiger partial charge in [0.05, 0.1) is 6.42 Å². The van der Waals surface area contributed by atoms with Crippen molar-refractivity contribution in [3.63, 3.8) is 0 Å². The minimum Gasteiger partial charge on any atom is -0.481 e. The average Bonchev–Trinajstić information content (AvgIpc) is 2.30. The second-order valence-electron chi connectivity index (χ2n) is 5.27. The van der Waals surface area contributed by atoms with Crippen molar-refractivity contribution in [1.82, 2.24) is 0 Å². The van der Waals surface area contributed by atoms with Crippen molar-refractivity contribution in [2.75, 3.05) is 0 Å². The van der Waals surface area contributed by atoms with Crippen LogP contribution in [0.25, 0.3) is 0 Å². The van der Waals surface area contributed by atoms with E-state index in [1.807, 2.05) is 12.1 Å². The Labute approximate surface area is 103 Å². The van der Waals surface area contributed by atoms with Crippen LogP contribution in [0.15, 0.2) is 24.3 Å². The molecule has 2 rings (SSSR count). The van der Waals surface area contributed by atoms with E-state index in [1.54, 1.807) is 0 Å². The summed E-state index contributed by atoms with van der Waals surface area (Å²) in [4.78, 5) is 10.6.